The molecule has 12 heavy (non-hydrogen) atoms. The maximum Gasteiger partial charge on any atom is 0.0495 e. The van der Waals surface area contributed by atoms with Crippen LogP contribution in [0.1, 0.15) is 19.3 Å². The lowest BCUT2D eigenvalue weighted by Gasteiger charge is -2.15. The molecule has 2 heteroatoms. The Morgan fingerprint density at radius 3 is 3.00 bits per heavy atom. The first kappa shape index (κ1) is 10.3. The van der Waals surface area contributed by atoms with Crippen molar-refractivity contribution in [3.05, 3.63) is 12.7 Å². The minimum Gasteiger partial charge on any atom is -0.381 e. The van der Waals surface area contributed by atoms with Gasteiger partial charge in [-0.1, -0.05) is 22.0 Å². The standard InChI is InChI=1S/C10H17BrO/c1-2-3-9(7-11)6-10-4-5-12-8-10/h2,9-10H,1,3-8H2. The Morgan fingerprint density at radius 1 is 1.67 bits per heavy atom. The Kier molecular flexibility index (Phi) is 4.93. The lowest BCUT2D eigenvalue weighted by atomic mass is 9.93. The van der Waals surface area contributed by atoms with Gasteiger partial charge in [0, 0.05) is 18.5 Å². The van der Waals surface area contributed by atoms with E-state index in [2.05, 4.69) is 22.5 Å². The fourth-order valence-electron chi connectivity index (χ4n) is 1.70. The number of allylic oxidation sites excluding steroid dienone is 1. The van der Waals surface area contributed by atoms with Crippen molar-refractivity contribution in [3.8, 4) is 0 Å². The van der Waals surface area contributed by atoms with Gasteiger partial charge < -0.3 is 4.74 Å². The number of hydrogen-bond acceptors (Lipinski definition) is 1. The van der Waals surface area contributed by atoms with Gasteiger partial charge in [0.15, 0.2) is 0 Å². The molecule has 0 bridgehead atoms. The number of rotatable bonds is 5. The van der Waals surface area contributed by atoms with Crippen LogP contribution < -0.4 is 0 Å². The SMILES string of the molecule is C=CCC(CBr)CC1CCOC1. The Bertz CT molecular complexity index is 130. The highest BCUT2D eigenvalue weighted by atomic mass is 79.9. The van der Waals surface area contributed by atoms with Crippen LogP contribution in [-0.2, 0) is 4.74 Å². The van der Waals surface area contributed by atoms with Crippen LogP contribution in [0.25, 0.3) is 0 Å². The minimum absolute atomic E-state index is 0.759. The predicted molar refractivity (Wildman–Crippen MR) is 55.6 cm³/mol. The molecule has 0 radical (unpaired) electrons. The Balaban J connectivity index is 2.20. The molecule has 1 heterocycles. The van der Waals surface area contributed by atoms with Crippen molar-refractivity contribution < 1.29 is 4.74 Å². The van der Waals surface area contributed by atoms with Gasteiger partial charge in [0.2, 0.25) is 0 Å². The van der Waals surface area contributed by atoms with Crippen molar-refractivity contribution in [1.29, 1.82) is 0 Å². The first-order valence-corrected chi connectivity index (χ1v) is 5.73. The third-order valence-corrected chi connectivity index (χ3v) is 3.32. The third-order valence-electron chi connectivity index (χ3n) is 2.41. The van der Waals surface area contributed by atoms with E-state index >= 15 is 0 Å². The lowest BCUT2D eigenvalue weighted by Crippen LogP contribution is -2.09. The summed E-state index contributed by atoms with van der Waals surface area (Å²) >= 11 is 3.54. The van der Waals surface area contributed by atoms with E-state index in [1.165, 1.54) is 12.8 Å². The van der Waals surface area contributed by atoms with Gasteiger partial charge in [-0.05, 0) is 31.1 Å². The molecule has 0 aromatic rings. The van der Waals surface area contributed by atoms with E-state index < -0.39 is 0 Å². The topological polar surface area (TPSA) is 9.23 Å². The van der Waals surface area contributed by atoms with Crippen molar-refractivity contribution in [2.24, 2.45) is 11.8 Å². The second-order valence-corrected chi connectivity index (χ2v) is 4.16. The van der Waals surface area contributed by atoms with E-state index in [9.17, 15) is 0 Å². The molecule has 2 unspecified atom stereocenters. The number of alkyl halides is 1. The zero-order valence-electron chi connectivity index (χ0n) is 7.47. The summed E-state index contributed by atoms with van der Waals surface area (Å²) in [5.41, 5.74) is 0. The smallest absolute Gasteiger partial charge is 0.0495 e. The van der Waals surface area contributed by atoms with Gasteiger partial charge in [-0.25, -0.2) is 0 Å². The number of hydrogen-bond donors (Lipinski definition) is 0. The molecule has 0 aromatic carbocycles. The number of halogens is 1. The lowest BCUT2D eigenvalue weighted by molar-refractivity contribution is 0.181. The van der Waals surface area contributed by atoms with E-state index in [1.807, 2.05) is 6.08 Å². The van der Waals surface area contributed by atoms with Crippen LogP contribution in [0.2, 0.25) is 0 Å². The second kappa shape index (κ2) is 5.76. The average Bonchev–Trinajstić information content (AvgIpc) is 2.56. The van der Waals surface area contributed by atoms with Crippen molar-refractivity contribution in [2.75, 3.05) is 18.5 Å². The monoisotopic (exact) mass is 232 g/mol. The zero-order chi connectivity index (χ0) is 8.81. The summed E-state index contributed by atoms with van der Waals surface area (Å²) < 4.78 is 5.34. The summed E-state index contributed by atoms with van der Waals surface area (Å²) in [6.07, 6.45) is 5.68. The number of ether oxygens (including phenoxy) is 1. The minimum atomic E-state index is 0.759. The van der Waals surface area contributed by atoms with Gasteiger partial charge in [-0.15, -0.1) is 6.58 Å². The summed E-state index contributed by atoms with van der Waals surface area (Å²) in [6.45, 7) is 5.71. The normalized spacial score (nSPS) is 25.6. The molecule has 0 N–H and O–H groups in total. The molecule has 1 aliphatic rings. The van der Waals surface area contributed by atoms with Crippen molar-refractivity contribution >= 4 is 15.9 Å². The van der Waals surface area contributed by atoms with Gasteiger partial charge in [0.1, 0.15) is 0 Å². The fourth-order valence-corrected chi connectivity index (χ4v) is 2.23. The highest BCUT2D eigenvalue weighted by molar-refractivity contribution is 9.09. The van der Waals surface area contributed by atoms with Gasteiger partial charge in [-0.3, -0.25) is 0 Å². The summed E-state index contributed by atoms with van der Waals surface area (Å²) in [7, 11) is 0. The largest absolute Gasteiger partial charge is 0.381 e. The van der Waals surface area contributed by atoms with Crippen LogP contribution in [0.5, 0.6) is 0 Å². The first-order valence-electron chi connectivity index (χ1n) is 4.61. The van der Waals surface area contributed by atoms with E-state index in [4.69, 9.17) is 4.74 Å². The van der Waals surface area contributed by atoms with E-state index in [-0.39, 0.29) is 0 Å². The molecule has 1 aliphatic heterocycles. The van der Waals surface area contributed by atoms with Crippen LogP contribution >= 0.6 is 15.9 Å². The molecule has 0 spiro atoms. The van der Waals surface area contributed by atoms with E-state index in [0.29, 0.717) is 0 Å². The first-order chi connectivity index (χ1) is 5.86. The fraction of sp³-hybridized carbons (Fsp3) is 0.800. The van der Waals surface area contributed by atoms with Crippen molar-refractivity contribution in [2.45, 2.75) is 19.3 Å². The van der Waals surface area contributed by atoms with Crippen LogP contribution in [-0.4, -0.2) is 18.5 Å². The van der Waals surface area contributed by atoms with Crippen LogP contribution in [0, 0.1) is 11.8 Å². The molecule has 0 saturated carbocycles. The van der Waals surface area contributed by atoms with Crippen LogP contribution in [0.3, 0.4) is 0 Å². The summed E-state index contributed by atoms with van der Waals surface area (Å²) in [5.74, 6) is 1.56. The maximum absolute atomic E-state index is 5.34. The summed E-state index contributed by atoms with van der Waals surface area (Å²) in [6, 6.07) is 0. The molecular formula is C10H17BrO. The third kappa shape index (κ3) is 3.28. The average molecular weight is 233 g/mol. The summed E-state index contributed by atoms with van der Waals surface area (Å²) in [4.78, 5) is 0. The maximum atomic E-state index is 5.34. The molecular weight excluding hydrogens is 216 g/mol. The highest BCUT2D eigenvalue weighted by Gasteiger charge is 2.19. The Labute approximate surface area is 83.3 Å². The van der Waals surface area contributed by atoms with Crippen molar-refractivity contribution in [1.82, 2.24) is 0 Å². The van der Waals surface area contributed by atoms with E-state index in [0.717, 1.165) is 36.8 Å². The van der Waals surface area contributed by atoms with Gasteiger partial charge >= 0.3 is 0 Å². The molecule has 0 amide bonds. The zero-order valence-corrected chi connectivity index (χ0v) is 9.05. The molecule has 0 aliphatic carbocycles. The van der Waals surface area contributed by atoms with Crippen LogP contribution in [0.4, 0.5) is 0 Å². The quantitative estimate of drug-likeness (QED) is 0.524. The van der Waals surface area contributed by atoms with Gasteiger partial charge in [-0.2, -0.15) is 0 Å². The van der Waals surface area contributed by atoms with Crippen LogP contribution in [0.15, 0.2) is 12.7 Å². The second-order valence-electron chi connectivity index (χ2n) is 3.51. The molecule has 1 nitrogen and oxygen atoms in total. The Morgan fingerprint density at radius 2 is 2.50 bits per heavy atom. The molecule has 1 saturated heterocycles. The highest BCUT2D eigenvalue weighted by Crippen LogP contribution is 2.24. The van der Waals surface area contributed by atoms with E-state index in [1.54, 1.807) is 0 Å². The molecule has 2 atom stereocenters. The Hall–Kier alpha value is 0.180. The molecule has 70 valence electrons. The predicted octanol–water partition coefficient (Wildman–Crippen LogP) is 3.00. The van der Waals surface area contributed by atoms with Crippen molar-refractivity contribution in [3.63, 3.8) is 0 Å². The molecule has 0 aromatic heterocycles. The van der Waals surface area contributed by atoms with Gasteiger partial charge in [0.05, 0.1) is 0 Å². The van der Waals surface area contributed by atoms with Gasteiger partial charge in [0.25, 0.3) is 0 Å². The summed E-state index contributed by atoms with van der Waals surface area (Å²) in [5, 5.41) is 1.09. The molecule has 1 fully saturated rings. The molecule has 1 rings (SSSR count).